The molecule has 0 aliphatic heterocycles. The molecule has 0 amide bonds. The third kappa shape index (κ3) is 2.12. The Morgan fingerprint density at radius 1 is 1.21 bits per heavy atom. The summed E-state index contributed by atoms with van der Waals surface area (Å²) >= 11 is 0. The molecule has 0 atom stereocenters. The van der Waals surface area contributed by atoms with Gasteiger partial charge in [0.2, 0.25) is 0 Å². The van der Waals surface area contributed by atoms with E-state index in [0.29, 0.717) is 12.2 Å². The first-order valence-corrected chi connectivity index (χ1v) is 6.05. The van der Waals surface area contributed by atoms with Crippen molar-refractivity contribution in [3.05, 3.63) is 60.2 Å². The minimum Gasteiger partial charge on any atom is -0.508 e. The second-order valence-corrected chi connectivity index (χ2v) is 4.34. The standard InChI is InChI=1S/C15H14N2O2/c1-19-13-7-6-12-9-16-15(17(12)10-13)8-11-4-2-3-5-14(11)18/h2-7,9-10,18H,8H2,1H3. The number of rotatable bonds is 3. The van der Waals surface area contributed by atoms with E-state index < -0.39 is 0 Å². The number of phenolic OH excluding ortho intramolecular Hbond substituents is 1. The topological polar surface area (TPSA) is 46.8 Å². The molecule has 3 rings (SSSR count). The SMILES string of the molecule is COc1ccc2cnc(Cc3ccccc3O)n2c1. The van der Waals surface area contributed by atoms with Crippen LogP contribution >= 0.6 is 0 Å². The maximum atomic E-state index is 9.82. The average Bonchev–Trinajstić information content (AvgIpc) is 2.84. The van der Waals surface area contributed by atoms with Crippen molar-refractivity contribution in [3.63, 3.8) is 0 Å². The zero-order valence-electron chi connectivity index (χ0n) is 10.6. The van der Waals surface area contributed by atoms with E-state index in [1.807, 2.05) is 47.1 Å². The molecule has 1 aromatic carbocycles. The first-order valence-electron chi connectivity index (χ1n) is 6.05. The molecule has 19 heavy (non-hydrogen) atoms. The molecular weight excluding hydrogens is 240 g/mol. The minimum atomic E-state index is 0.294. The van der Waals surface area contributed by atoms with Crippen LogP contribution in [0.4, 0.5) is 0 Å². The lowest BCUT2D eigenvalue weighted by Crippen LogP contribution is -1.97. The van der Waals surface area contributed by atoms with Gasteiger partial charge in [0.15, 0.2) is 0 Å². The van der Waals surface area contributed by atoms with Crippen LogP contribution < -0.4 is 4.74 Å². The third-order valence-corrected chi connectivity index (χ3v) is 3.15. The second-order valence-electron chi connectivity index (χ2n) is 4.34. The highest BCUT2D eigenvalue weighted by Gasteiger charge is 2.08. The second kappa shape index (κ2) is 4.65. The summed E-state index contributed by atoms with van der Waals surface area (Å²) in [5.41, 5.74) is 1.86. The Labute approximate surface area is 110 Å². The number of nitrogens with zero attached hydrogens (tertiary/aromatic N) is 2. The van der Waals surface area contributed by atoms with Gasteiger partial charge in [-0.25, -0.2) is 4.98 Å². The third-order valence-electron chi connectivity index (χ3n) is 3.15. The van der Waals surface area contributed by atoms with Crippen molar-refractivity contribution in [2.75, 3.05) is 7.11 Å². The van der Waals surface area contributed by atoms with Gasteiger partial charge in [0.1, 0.15) is 17.3 Å². The van der Waals surface area contributed by atoms with Gasteiger partial charge in [-0.05, 0) is 18.2 Å². The molecule has 3 aromatic rings. The summed E-state index contributed by atoms with van der Waals surface area (Å²) in [5, 5.41) is 9.82. The number of aromatic hydroxyl groups is 1. The van der Waals surface area contributed by atoms with Crippen molar-refractivity contribution in [3.8, 4) is 11.5 Å². The van der Waals surface area contributed by atoms with Gasteiger partial charge in [0, 0.05) is 12.0 Å². The van der Waals surface area contributed by atoms with Crippen LogP contribution in [-0.2, 0) is 6.42 Å². The molecule has 0 aliphatic carbocycles. The summed E-state index contributed by atoms with van der Waals surface area (Å²) < 4.78 is 7.20. The van der Waals surface area contributed by atoms with E-state index in [1.54, 1.807) is 13.2 Å². The molecular formula is C15H14N2O2. The van der Waals surface area contributed by atoms with Gasteiger partial charge in [-0.1, -0.05) is 18.2 Å². The Bertz CT molecular complexity index is 719. The van der Waals surface area contributed by atoms with E-state index in [1.165, 1.54) is 0 Å². The van der Waals surface area contributed by atoms with Crippen LogP contribution in [0.1, 0.15) is 11.4 Å². The van der Waals surface area contributed by atoms with E-state index in [4.69, 9.17) is 4.74 Å². The molecule has 0 aliphatic rings. The van der Waals surface area contributed by atoms with Crippen LogP contribution in [0, 0.1) is 0 Å². The zero-order valence-corrected chi connectivity index (χ0v) is 10.6. The fourth-order valence-corrected chi connectivity index (χ4v) is 2.11. The Hall–Kier alpha value is -2.49. The number of methoxy groups -OCH3 is 1. The molecule has 4 heteroatoms. The number of ether oxygens (including phenoxy) is 1. The summed E-state index contributed by atoms with van der Waals surface area (Å²) in [6.07, 6.45) is 4.29. The van der Waals surface area contributed by atoms with Crippen LogP contribution in [-0.4, -0.2) is 21.6 Å². The van der Waals surface area contributed by atoms with Gasteiger partial charge < -0.3 is 9.84 Å². The fraction of sp³-hybridized carbons (Fsp3) is 0.133. The first kappa shape index (κ1) is 11.6. The van der Waals surface area contributed by atoms with E-state index in [0.717, 1.165) is 22.7 Å². The summed E-state index contributed by atoms with van der Waals surface area (Å²) in [6, 6.07) is 11.2. The van der Waals surface area contributed by atoms with Crippen molar-refractivity contribution in [1.29, 1.82) is 0 Å². The number of pyridine rings is 1. The van der Waals surface area contributed by atoms with Crippen LogP contribution in [0.3, 0.4) is 0 Å². The van der Waals surface area contributed by atoms with Crippen LogP contribution in [0.25, 0.3) is 5.52 Å². The predicted octanol–water partition coefficient (Wildman–Crippen LogP) is 2.64. The highest BCUT2D eigenvalue weighted by Crippen LogP contribution is 2.21. The lowest BCUT2D eigenvalue weighted by molar-refractivity contribution is 0.412. The van der Waals surface area contributed by atoms with Crippen molar-refractivity contribution < 1.29 is 9.84 Å². The highest BCUT2D eigenvalue weighted by atomic mass is 16.5. The van der Waals surface area contributed by atoms with E-state index in [9.17, 15) is 5.11 Å². The molecule has 2 aromatic heterocycles. The molecule has 0 saturated carbocycles. The smallest absolute Gasteiger partial charge is 0.135 e. The Kier molecular flexibility index (Phi) is 2.83. The predicted molar refractivity (Wildman–Crippen MR) is 72.7 cm³/mol. The largest absolute Gasteiger partial charge is 0.508 e. The van der Waals surface area contributed by atoms with E-state index in [2.05, 4.69) is 4.98 Å². The Morgan fingerprint density at radius 2 is 2.05 bits per heavy atom. The number of benzene rings is 1. The maximum Gasteiger partial charge on any atom is 0.135 e. The van der Waals surface area contributed by atoms with Gasteiger partial charge in [0.05, 0.1) is 25.0 Å². The minimum absolute atomic E-state index is 0.294. The molecule has 96 valence electrons. The summed E-state index contributed by atoms with van der Waals surface area (Å²) in [7, 11) is 1.64. The Balaban J connectivity index is 2.03. The number of imidazole rings is 1. The lowest BCUT2D eigenvalue weighted by Gasteiger charge is -2.05. The first-order chi connectivity index (χ1) is 9.28. The van der Waals surface area contributed by atoms with Gasteiger partial charge in [-0.2, -0.15) is 0 Å². The quantitative estimate of drug-likeness (QED) is 0.781. The monoisotopic (exact) mass is 254 g/mol. The normalized spacial score (nSPS) is 10.8. The molecule has 0 bridgehead atoms. The average molecular weight is 254 g/mol. The van der Waals surface area contributed by atoms with E-state index in [-0.39, 0.29) is 0 Å². The number of para-hydroxylation sites is 1. The molecule has 0 unspecified atom stereocenters. The van der Waals surface area contributed by atoms with Crippen LogP contribution in [0.15, 0.2) is 48.8 Å². The van der Waals surface area contributed by atoms with Gasteiger partial charge in [0.25, 0.3) is 0 Å². The number of phenols is 1. The van der Waals surface area contributed by atoms with Crippen molar-refractivity contribution in [2.24, 2.45) is 0 Å². The van der Waals surface area contributed by atoms with Gasteiger partial charge in [-0.15, -0.1) is 0 Å². The molecule has 0 radical (unpaired) electrons. The molecule has 1 N–H and O–H groups in total. The van der Waals surface area contributed by atoms with Crippen molar-refractivity contribution in [2.45, 2.75) is 6.42 Å². The number of hydrogen-bond donors (Lipinski definition) is 1. The molecule has 4 nitrogen and oxygen atoms in total. The van der Waals surface area contributed by atoms with E-state index >= 15 is 0 Å². The van der Waals surface area contributed by atoms with Crippen LogP contribution in [0.5, 0.6) is 11.5 Å². The van der Waals surface area contributed by atoms with Crippen LogP contribution in [0.2, 0.25) is 0 Å². The maximum absolute atomic E-state index is 9.82. The van der Waals surface area contributed by atoms with Gasteiger partial charge in [-0.3, -0.25) is 4.40 Å². The van der Waals surface area contributed by atoms with Gasteiger partial charge >= 0.3 is 0 Å². The lowest BCUT2D eigenvalue weighted by atomic mass is 10.1. The van der Waals surface area contributed by atoms with Crippen molar-refractivity contribution >= 4 is 5.52 Å². The zero-order chi connectivity index (χ0) is 13.2. The Morgan fingerprint density at radius 3 is 2.84 bits per heavy atom. The molecule has 0 spiro atoms. The van der Waals surface area contributed by atoms with Crippen molar-refractivity contribution in [1.82, 2.24) is 9.38 Å². The summed E-state index contributed by atoms with van der Waals surface area (Å²) in [4.78, 5) is 4.40. The fourth-order valence-electron chi connectivity index (χ4n) is 2.11. The number of hydrogen-bond acceptors (Lipinski definition) is 3. The summed E-state index contributed by atoms with van der Waals surface area (Å²) in [5.74, 6) is 1.95. The number of fused-ring (bicyclic) bond motifs is 1. The highest BCUT2D eigenvalue weighted by molar-refractivity contribution is 5.49. The molecule has 0 fully saturated rings. The number of aromatic nitrogens is 2. The molecule has 2 heterocycles. The molecule has 0 saturated heterocycles. The summed E-state index contributed by atoms with van der Waals surface area (Å²) in [6.45, 7) is 0.